The van der Waals surface area contributed by atoms with E-state index in [9.17, 15) is 0 Å². The fourth-order valence-corrected chi connectivity index (χ4v) is 0.803. The Kier molecular flexibility index (Phi) is 6.91. The average molecular weight is 145 g/mol. The Labute approximate surface area is 63.2 Å². The van der Waals surface area contributed by atoms with Gasteiger partial charge in [-0.2, -0.15) is 0 Å². The van der Waals surface area contributed by atoms with Gasteiger partial charge in [0.1, 0.15) is 0 Å². The van der Waals surface area contributed by atoms with E-state index >= 15 is 0 Å². The number of rotatable bonds is 6. The summed E-state index contributed by atoms with van der Waals surface area (Å²) in [6.45, 7) is 4.68. The third-order valence-electron chi connectivity index (χ3n) is 1.47. The molecule has 0 aliphatic rings. The van der Waals surface area contributed by atoms with Crippen LogP contribution >= 0.6 is 0 Å². The van der Waals surface area contributed by atoms with Crippen LogP contribution in [-0.4, -0.2) is 25.7 Å². The van der Waals surface area contributed by atoms with Gasteiger partial charge in [-0.3, -0.25) is 0 Å². The predicted octanol–water partition coefficient (Wildman–Crippen LogP) is -0.338. The van der Waals surface area contributed by atoms with E-state index in [0.29, 0.717) is 6.04 Å². The molecule has 0 aliphatic heterocycles. The first-order valence-corrected chi connectivity index (χ1v) is 3.94. The first-order chi connectivity index (χ1) is 4.81. The van der Waals surface area contributed by atoms with Crippen LogP contribution in [0.25, 0.3) is 0 Å². The molecular formula is C7H19N3. The minimum Gasteiger partial charge on any atom is -0.330 e. The maximum atomic E-state index is 5.37. The highest BCUT2D eigenvalue weighted by Gasteiger charge is 1.96. The second-order valence-electron chi connectivity index (χ2n) is 2.57. The molecule has 0 aromatic heterocycles. The number of nitrogens with two attached hydrogens (primary N) is 2. The van der Waals surface area contributed by atoms with Crippen LogP contribution in [-0.2, 0) is 0 Å². The molecule has 0 saturated carbocycles. The molecule has 0 radical (unpaired) electrons. The molecule has 0 aromatic carbocycles. The molecule has 62 valence electrons. The fraction of sp³-hybridized carbons (Fsp3) is 1.00. The Hall–Kier alpha value is -0.120. The Balaban J connectivity index is 2.97. The molecule has 0 aromatic rings. The summed E-state index contributed by atoms with van der Waals surface area (Å²) in [5.74, 6) is 0. The zero-order valence-corrected chi connectivity index (χ0v) is 6.77. The van der Waals surface area contributed by atoms with E-state index in [1.807, 2.05) is 0 Å². The van der Waals surface area contributed by atoms with Gasteiger partial charge in [0, 0.05) is 6.04 Å². The third kappa shape index (κ3) is 6.01. The van der Waals surface area contributed by atoms with Crippen LogP contribution in [0.4, 0.5) is 0 Å². The van der Waals surface area contributed by atoms with Gasteiger partial charge in [-0.05, 0) is 39.4 Å². The summed E-state index contributed by atoms with van der Waals surface area (Å²) >= 11 is 0. The van der Waals surface area contributed by atoms with Gasteiger partial charge < -0.3 is 16.8 Å². The summed E-state index contributed by atoms with van der Waals surface area (Å²) in [5, 5.41) is 3.32. The molecule has 0 rings (SSSR count). The van der Waals surface area contributed by atoms with Crippen LogP contribution in [0.2, 0.25) is 0 Å². The highest BCUT2D eigenvalue weighted by Crippen LogP contribution is 1.86. The smallest absolute Gasteiger partial charge is 0.00507 e. The van der Waals surface area contributed by atoms with E-state index in [4.69, 9.17) is 11.5 Å². The molecule has 5 N–H and O–H groups in total. The SMILES string of the molecule is CC(CCN)NCCCN. The Morgan fingerprint density at radius 2 is 2.00 bits per heavy atom. The van der Waals surface area contributed by atoms with Crippen LogP contribution in [0.3, 0.4) is 0 Å². The van der Waals surface area contributed by atoms with E-state index in [2.05, 4.69) is 12.2 Å². The zero-order valence-electron chi connectivity index (χ0n) is 6.77. The molecule has 10 heavy (non-hydrogen) atoms. The van der Waals surface area contributed by atoms with Gasteiger partial charge in [-0.25, -0.2) is 0 Å². The lowest BCUT2D eigenvalue weighted by atomic mass is 10.2. The van der Waals surface area contributed by atoms with Gasteiger partial charge in [0.15, 0.2) is 0 Å². The van der Waals surface area contributed by atoms with Gasteiger partial charge in [0.05, 0.1) is 0 Å². The molecule has 0 amide bonds. The van der Waals surface area contributed by atoms with Crippen LogP contribution in [0, 0.1) is 0 Å². The molecule has 0 saturated heterocycles. The van der Waals surface area contributed by atoms with Crippen molar-refractivity contribution in [1.29, 1.82) is 0 Å². The number of nitrogens with one attached hydrogen (secondary N) is 1. The average Bonchev–Trinajstić information content (AvgIpc) is 1.89. The minimum atomic E-state index is 0.538. The van der Waals surface area contributed by atoms with Crippen molar-refractivity contribution in [3.63, 3.8) is 0 Å². The topological polar surface area (TPSA) is 64.1 Å². The Morgan fingerprint density at radius 1 is 1.30 bits per heavy atom. The molecule has 0 aliphatic carbocycles. The van der Waals surface area contributed by atoms with Crippen LogP contribution < -0.4 is 16.8 Å². The quantitative estimate of drug-likeness (QED) is 0.448. The zero-order chi connectivity index (χ0) is 7.82. The van der Waals surface area contributed by atoms with Gasteiger partial charge in [0.25, 0.3) is 0 Å². The molecule has 0 fully saturated rings. The summed E-state index contributed by atoms with van der Waals surface area (Å²) < 4.78 is 0. The largest absolute Gasteiger partial charge is 0.330 e. The summed E-state index contributed by atoms with van der Waals surface area (Å²) in [6, 6.07) is 0.538. The summed E-state index contributed by atoms with van der Waals surface area (Å²) in [5.41, 5.74) is 10.7. The van der Waals surface area contributed by atoms with E-state index in [1.165, 1.54) is 0 Å². The number of hydrogen-bond donors (Lipinski definition) is 3. The fourth-order valence-electron chi connectivity index (χ4n) is 0.803. The van der Waals surface area contributed by atoms with Crippen molar-refractivity contribution in [2.45, 2.75) is 25.8 Å². The third-order valence-corrected chi connectivity index (χ3v) is 1.47. The van der Waals surface area contributed by atoms with Crippen molar-refractivity contribution in [3.8, 4) is 0 Å². The Bertz CT molecular complexity index is 65.9. The molecule has 0 heterocycles. The van der Waals surface area contributed by atoms with E-state index < -0.39 is 0 Å². The lowest BCUT2D eigenvalue weighted by Gasteiger charge is -2.11. The first-order valence-electron chi connectivity index (χ1n) is 3.94. The molecule has 0 spiro atoms. The number of hydrogen-bond acceptors (Lipinski definition) is 3. The van der Waals surface area contributed by atoms with Gasteiger partial charge in [0.2, 0.25) is 0 Å². The van der Waals surface area contributed by atoms with E-state index in [1.54, 1.807) is 0 Å². The summed E-state index contributed by atoms with van der Waals surface area (Å²) in [6.07, 6.45) is 2.10. The Morgan fingerprint density at radius 3 is 2.50 bits per heavy atom. The maximum Gasteiger partial charge on any atom is 0.00507 e. The van der Waals surface area contributed by atoms with Gasteiger partial charge in [-0.1, -0.05) is 0 Å². The van der Waals surface area contributed by atoms with E-state index in [-0.39, 0.29) is 0 Å². The van der Waals surface area contributed by atoms with Crippen molar-refractivity contribution in [2.24, 2.45) is 11.5 Å². The second kappa shape index (κ2) is 6.99. The lowest BCUT2D eigenvalue weighted by molar-refractivity contribution is 0.514. The summed E-state index contributed by atoms with van der Waals surface area (Å²) in [4.78, 5) is 0. The van der Waals surface area contributed by atoms with Crippen molar-refractivity contribution in [1.82, 2.24) is 5.32 Å². The molecule has 1 atom stereocenters. The van der Waals surface area contributed by atoms with Gasteiger partial charge >= 0.3 is 0 Å². The van der Waals surface area contributed by atoms with E-state index in [0.717, 1.165) is 32.5 Å². The van der Waals surface area contributed by atoms with Crippen molar-refractivity contribution in [3.05, 3.63) is 0 Å². The minimum absolute atomic E-state index is 0.538. The lowest BCUT2D eigenvalue weighted by Crippen LogP contribution is -2.30. The normalized spacial score (nSPS) is 13.5. The first kappa shape index (κ1) is 9.88. The standard InChI is InChI=1S/C7H19N3/c1-7(3-5-9)10-6-2-4-8/h7,10H,2-6,8-9H2,1H3. The second-order valence-corrected chi connectivity index (χ2v) is 2.57. The molecule has 3 nitrogen and oxygen atoms in total. The molecule has 3 heteroatoms. The highest BCUT2D eigenvalue weighted by molar-refractivity contribution is 4.60. The van der Waals surface area contributed by atoms with Crippen molar-refractivity contribution in [2.75, 3.05) is 19.6 Å². The molecule has 1 unspecified atom stereocenters. The van der Waals surface area contributed by atoms with Crippen molar-refractivity contribution < 1.29 is 0 Å². The van der Waals surface area contributed by atoms with Crippen LogP contribution in [0.15, 0.2) is 0 Å². The van der Waals surface area contributed by atoms with Crippen LogP contribution in [0.1, 0.15) is 19.8 Å². The van der Waals surface area contributed by atoms with Gasteiger partial charge in [-0.15, -0.1) is 0 Å². The summed E-state index contributed by atoms with van der Waals surface area (Å²) in [7, 11) is 0. The molecular weight excluding hydrogens is 126 g/mol. The van der Waals surface area contributed by atoms with Crippen molar-refractivity contribution >= 4 is 0 Å². The predicted molar refractivity (Wildman–Crippen MR) is 44.8 cm³/mol. The molecule has 0 bridgehead atoms. The van der Waals surface area contributed by atoms with Crippen LogP contribution in [0.5, 0.6) is 0 Å². The highest BCUT2D eigenvalue weighted by atomic mass is 14.9. The monoisotopic (exact) mass is 145 g/mol. The maximum absolute atomic E-state index is 5.37.